The molecule has 0 amide bonds. The van der Waals surface area contributed by atoms with Crippen LogP contribution in [0, 0.1) is 18.3 Å². The second kappa shape index (κ2) is 7.21. The fourth-order valence-electron chi connectivity index (χ4n) is 2.93. The lowest BCUT2D eigenvalue weighted by Crippen LogP contribution is -2.05. The van der Waals surface area contributed by atoms with Crippen molar-refractivity contribution in [1.82, 2.24) is 0 Å². The molecule has 28 heavy (non-hydrogen) atoms. The third-order valence-corrected chi connectivity index (χ3v) is 4.88. The van der Waals surface area contributed by atoms with Crippen LogP contribution in [-0.2, 0) is 6.18 Å². The zero-order valence-corrected chi connectivity index (χ0v) is 16.2. The number of nitrogen functional groups attached to an aromatic ring is 1. The van der Waals surface area contributed by atoms with Crippen LogP contribution in [0.5, 0.6) is 5.75 Å². The molecule has 3 rings (SSSR count). The van der Waals surface area contributed by atoms with Gasteiger partial charge in [0.15, 0.2) is 0 Å². The Kier molecular flexibility index (Phi) is 5.09. The second-order valence-electron chi connectivity index (χ2n) is 6.39. The van der Waals surface area contributed by atoms with E-state index in [9.17, 15) is 23.5 Å². The first-order chi connectivity index (χ1) is 13.1. The summed E-state index contributed by atoms with van der Waals surface area (Å²) in [4.78, 5) is 0. The molecule has 7 heteroatoms. The van der Waals surface area contributed by atoms with Gasteiger partial charge in [-0.1, -0.05) is 22.0 Å². The molecular formula is C21H14BrF3N2O. The van der Waals surface area contributed by atoms with E-state index >= 15 is 0 Å². The maximum Gasteiger partial charge on any atom is 0.416 e. The van der Waals surface area contributed by atoms with Gasteiger partial charge in [-0.15, -0.1) is 0 Å². The highest BCUT2D eigenvalue weighted by Crippen LogP contribution is 2.38. The van der Waals surface area contributed by atoms with E-state index < -0.39 is 11.7 Å². The molecular weight excluding hydrogens is 433 g/mol. The van der Waals surface area contributed by atoms with Crippen LogP contribution in [0.1, 0.15) is 16.7 Å². The van der Waals surface area contributed by atoms with Crippen molar-refractivity contribution in [3.63, 3.8) is 0 Å². The highest BCUT2D eigenvalue weighted by Gasteiger charge is 2.31. The lowest BCUT2D eigenvalue weighted by molar-refractivity contribution is -0.137. The summed E-state index contributed by atoms with van der Waals surface area (Å²) in [5.74, 6) is -0.0965. The SMILES string of the molecule is Cc1cc(-c2cc(C#N)cc(-c3cc(N)c(O)cc3Br)c2)cc(C(F)(F)F)c1. The Hall–Kier alpha value is -2.98. The van der Waals surface area contributed by atoms with E-state index in [1.807, 2.05) is 6.07 Å². The van der Waals surface area contributed by atoms with Gasteiger partial charge < -0.3 is 10.8 Å². The van der Waals surface area contributed by atoms with Crippen molar-refractivity contribution in [3.05, 3.63) is 69.7 Å². The average Bonchev–Trinajstić information content (AvgIpc) is 2.63. The predicted octanol–water partition coefficient (Wildman–Crippen LogP) is 6.27. The largest absolute Gasteiger partial charge is 0.506 e. The summed E-state index contributed by atoms with van der Waals surface area (Å²) >= 11 is 3.35. The van der Waals surface area contributed by atoms with E-state index in [4.69, 9.17) is 5.73 Å². The lowest BCUT2D eigenvalue weighted by atomic mass is 9.94. The molecule has 0 bridgehead atoms. The number of nitrogens with two attached hydrogens (primary N) is 1. The van der Waals surface area contributed by atoms with Crippen molar-refractivity contribution in [1.29, 1.82) is 5.26 Å². The number of halogens is 4. The van der Waals surface area contributed by atoms with Crippen LogP contribution in [-0.4, -0.2) is 5.11 Å². The van der Waals surface area contributed by atoms with Crippen LogP contribution in [0.2, 0.25) is 0 Å². The molecule has 0 saturated heterocycles. The second-order valence-corrected chi connectivity index (χ2v) is 7.24. The number of rotatable bonds is 2. The molecule has 3 aromatic carbocycles. The Balaban J connectivity index is 2.23. The summed E-state index contributed by atoms with van der Waals surface area (Å²) in [6.45, 7) is 1.59. The molecule has 0 atom stereocenters. The Morgan fingerprint density at radius 3 is 2.25 bits per heavy atom. The number of aromatic hydroxyl groups is 1. The molecule has 0 heterocycles. The molecule has 0 aliphatic heterocycles. The Morgan fingerprint density at radius 1 is 0.964 bits per heavy atom. The Morgan fingerprint density at radius 2 is 1.61 bits per heavy atom. The molecule has 3 nitrogen and oxygen atoms in total. The van der Waals surface area contributed by atoms with Crippen LogP contribution >= 0.6 is 15.9 Å². The summed E-state index contributed by atoms with van der Waals surface area (Å²) in [7, 11) is 0. The van der Waals surface area contributed by atoms with Crippen molar-refractivity contribution in [3.8, 4) is 34.1 Å². The van der Waals surface area contributed by atoms with Crippen molar-refractivity contribution >= 4 is 21.6 Å². The fourth-order valence-corrected chi connectivity index (χ4v) is 3.49. The minimum atomic E-state index is -4.47. The number of aryl methyl sites for hydroxylation is 1. The van der Waals surface area contributed by atoms with E-state index in [0.29, 0.717) is 37.9 Å². The van der Waals surface area contributed by atoms with Gasteiger partial charge in [0, 0.05) is 4.47 Å². The molecule has 0 saturated carbocycles. The van der Waals surface area contributed by atoms with Gasteiger partial charge in [-0.25, -0.2) is 0 Å². The molecule has 0 spiro atoms. The van der Waals surface area contributed by atoms with Crippen LogP contribution in [0.25, 0.3) is 22.3 Å². The minimum absolute atomic E-state index is 0.0965. The molecule has 0 aliphatic rings. The average molecular weight is 447 g/mol. The summed E-state index contributed by atoms with van der Waals surface area (Å²) in [6.07, 6.45) is -4.47. The molecule has 0 fully saturated rings. The monoisotopic (exact) mass is 446 g/mol. The predicted molar refractivity (Wildman–Crippen MR) is 106 cm³/mol. The number of hydrogen-bond donors (Lipinski definition) is 2. The van der Waals surface area contributed by atoms with Crippen LogP contribution in [0.3, 0.4) is 0 Å². The number of hydrogen-bond acceptors (Lipinski definition) is 3. The molecule has 0 aliphatic carbocycles. The number of nitriles is 1. The number of benzene rings is 3. The van der Waals surface area contributed by atoms with E-state index in [1.165, 1.54) is 18.2 Å². The quantitative estimate of drug-likeness (QED) is 0.359. The highest BCUT2D eigenvalue weighted by molar-refractivity contribution is 9.10. The zero-order valence-electron chi connectivity index (χ0n) is 14.6. The van der Waals surface area contributed by atoms with Gasteiger partial charge in [-0.05, 0) is 77.2 Å². The van der Waals surface area contributed by atoms with Gasteiger partial charge in [0.05, 0.1) is 22.9 Å². The highest BCUT2D eigenvalue weighted by atomic mass is 79.9. The summed E-state index contributed by atoms with van der Waals surface area (Å²) in [5, 5.41) is 19.1. The lowest BCUT2D eigenvalue weighted by Gasteiger charge is -2.13. The van der Waals surface area contributed by atoms with Gasteiger partial charge >= 0.3 is 6.18 Å². The first-order valence-corrected chi connectivity index (χ1v) is 8.90. The number of alkyl halides is 3. The third kappa shape index (κ3) is 3.97. The van der Waals surface area contributed by atoms with Gasteiger partial charge in [-0.2, -0.15) is 18.4 Å². The van der Waals surface area contributed by atoms with Crippen LogP contribution in [0.4, 0.5) is 18.9 Å². The van der Waals surface area contributed by atoms with Crippen LogP contribution < -0.4 is 5.73 Å². The van der Waals surface area contributed by atoms with Gasteiger partial charge in [0.2, 0.25) is 0 Å². The zero-order chi connectivity index (χ0) is 20.6. The number of nitrogens with zero attached hydrogens (tertiary/aromatic N) is 1. The number of phenols is 1. The maximum absolute atomic E-state index is 13.2. The van der Waals surface area contributed by atoms with E-state index in [1.54, 1.807) is 25.1 Å². The molecule has 142 valence electrons. The molecule has 3 aromatic rings. The fraction of sp³-hybridized carbons (Fsp3) is 0.0952. The summed E-state index contributed by atoms with van der Waals surface area (Å²) in [5.41, 5.74) is 7.95. The van der Waals surface area contributed by atoms with E-state index in [2.05, 4.69) is 15.9 Å². The van der Waals surface area contributed by atoms with Crippen molar-refractivity contribution in [2.75, 3.05) is 5.73 Å². The van der Waals surface area contributed by atoms with Crippen molar-refractivity contribution < 1.29 is 18.3 Å². The molecule has 0 unspecified atom stereocenters. The molecule has 0 aromatic heterocycles. The summed E-state index contributed by atoms with van der Waals surface area (Å²) < 4.78 is 40.1. The molecule has 3 N–H and O–H groups in total. The summed E-state index contributed by atoms with van der Waals surface area (Å²) in [6, 6.07) is 13.6. The number of phenolic OH excluding ortho intramolecular Hbond substituents is 1. The van der Waals surface area contributed by atoms with Crippen molar-refractivity contribution in [2.45, 2.75) is 13.1 Å². The first kappa shape index (κ1) is 19.8. The smallest absolute Gasteiger partial charge is 0.416 e. The first-order valence-electron chi connectivity index (χ1n) is 8.11. The van der Waals surface area contributed by atoms with Gasteiger partial charge in [0.25, 0.3) is 0 Å². The van der Waals surface area contributed by atoms with E-state index in [0.717, 1.165) is 12.1 Å². The minimum Gasteiger partial charge on any atom is -0.506 e. The van der Waals surface area contributed by atoms with Crippen molar-refractivity contribution in [2.24, 2.45) is 0 Å². The van der Waals surface area contributed by atoms with Gasteiger partial charge in [0.1, 0.15) is 5.75 Å². The maximum atomic E-state index is 13.2. The third-order valence-electron chi connectivity index (χ3n) is 4.23. The van der Waals surface area contributed by atoms with Crippen LogP contribution in [0.15, 0.2) is 53.0 Å². The van der Waals surface area contributed by atoms with Gasteiger partial charge in [-0.3, -0.25) is 0 Å². The Bertz CT molecular complexity index is 1120. The topological polar surface area (TPSA) is 70.0 Å². The van der Waals surface area contributed by atoms with E-state index in [-0.39, 0.29) is 11.4 Å². The Labute approximate surface area is 168 Å². The number of anilines is 1. The molecule has 0 radical (unpaired) electrons. The normalized spacial score (nSPS) is 11.3. The standard InChI is InChI=1S/C21H14BrF3N2O/c1-11-2-13(7-16(3-11)21(23,24)25)14-4-12(10-26)5-15(6-14)17-8-19(27)20(28)9-18(17)22/h2-9,28H,27H2,1H3.